The summed E-state index contributed by atoms with van der Waals surface area (Å²) in [7, 11) is 0. The molecule has 90 valence electrons. The molecule has 0 radical (unpaired) electrons. The van der Waals surface area contributed by atoms with Crippen LogP contribution >= 0.6 is 0 Å². The first-order valence-corrected chi connectivity index (χ1v) is 5.41. The molecule has 0 bridgehead atoms. The first-order valence-electron chi connectivity index (χ1n) is 5.41. The summed E-state index contributed by atoms with van der Waals surface area (Å²) >= 11 is 0. The van der Waals surface area contributed by atoms with Crippen LogP contribution in [0.25, 0.3) is 0 Å². The zero-order valence-electron chi connectivity index (χ0n) is 9.29. The van der Waals surface area contributed by atoms with E-state index in [1.54, 1.807) is 0 Å². The molecular weight excluding hydrogens is 212 g/mol. The van der Waals surface area contributed by atoms with E-state index in [2.05, 4.69) is 0 Å². The summed E-state index contributed by atoms with van der Waals surface area (Å²) < 4.78 is 25.8. The van der Waals surface area contributed by atoms with E-state index in [0.717, 1.165) is 18.6 Å². The molecule has 0 saturated carbocycles. The average molecular weight is 229 g/mol. The van der Waals surface area contributed by atoms with Crippen LogP contribution < -0.4 is 5.73 Å². The number of hydrogen-bond donors (Lipinski definition) is 2. The van der Waals surface area contributed by atoms with Crippen LogP contribution in [0.1, 0.15) is 31.2 Å². The highest BCUT2D eigenvalue weighted by molar-refractivity contribution is 5.23. The molecule has 1 aromatic rings. The second kappa shape index (κ2) is 5.92. The SMILES string of the molecule is CCC(N)C(CCO)c1ccc(F)c(F)c1. The predicted molar refractivity (Wildman–Crippen MR) is 59.1 cm³/mol. The van der Waals surface area contributed by atoms with Crippen LogP contribution in [0.5, 0.6) is 0 Å². The molecule has 4 heteroatoms. The molecule has 2 nitrogen and oxygen atoms in total. The number of hydrogen-bond acceptors (Lipinski definition) is 2. The van der Waals surface area contributed by atoms with E-state index in [1.807, 2.05) is 6.92 Å². The normalized spacial score (nSPS) is 14.8. The smallest absolute Gasteiger partial charge is 0.159 e. The van der Waals surface area contributed by atoms with Gasteiger partial charge in [-0.2, -0.15) is 0 Å². The fourth-order valence-electron chi connectivity index (χ4n) is 1.79. The molecule has 0 amide bonds. The van der Waals surface area contributed by atoms with Crippen LogP contribution in [-0.4, -0.2) is 17.8 Å². The topological polar surface area (TPSA) is 46.2 Å². The Morgan fingerprint density at radius 3 is 2.50 bits per heavy atom. The first-order chi connectivity index (χ1) is 7.60. The maximum Gasteiger partial charge on any atom is 0.159 e. The van der Waals surface area contributed by atoms with Gasteiger partial charge >= 0.3 is 0 Å². The van der Waals surface area contributed by atoms with E-state index in [4.69, 9.17) is 10.8 Å². The van der Waals surface area contributed by atoms with Gasteiger partial charge in [0.1, 0.15) is 0 Å². The minimum Gasteiger partial charge on any atom is -0.396 e. The quantitative estimate of drug-likeness (QED) is 0.812. The van der Waals surface area contributed by atoms with Crippen molar-refractivity contribution in [3.8, 4) is 0 Å². The van der Waals surface area contributed by atoms with Gasteiger partial charge in [-0.3, -0.25) is 0 Å². The van der Waals surface area contributed by atoms with Crippen LogP contribution in [0, 0.1) is 11.6 Å². The monoisotopic (exact) mass is 229 g/mol. The summed E-state index contributed by atoms with van der Waals surface area (Å²) in [5, 5.41) is 8.94. The number of aliphatic hydroxyl groups excluding tert-OH is 1. The molecule has 1 aromatic carbocycles. The summed E-state index contributed by atoms with van der Waals surface area (Å²) in [4.78, 5) is 0. The fraction of sp³-hybridized carbons (Fsp3) is 0.500. The Hall–Kier alpha value is -1.00. The Balaban J connectivity index is 2.96. The lowest BCUT2D eigenvalue weighted by molar-refractivity contribution is 0.266. The van der Waals surface area contributed by atoms with Crippen LogP contribution in [-0.2, 0) is 0 Å². The van der Waals surface area contributed by atoms with Crippen molar-refractivity contribution in [1.82, 2.24) is 0 Å². The maximum absolute atomic E-state index is 13.1. The molecule has 0 heterocycles. The van der Waals surface area contributed by atoms with Crippen molar-refractivity contribution < 1.29 is 13.9 Å². The van der Waals surface area contributed by atoms with Gasteiger partial charge in [-0.1, -0.05) is 13.0 Å². The Kier molecular flexibility index (Phi) is 4.83. The average Bonchev–Trinajstić information content (AvgIpc) is 2.29. The van der Waals surface area contributed by atoms with Crippen molar-refractivity contribution in [2.75, 3.05) is 6.61 Å². The zero-order valence-corrected chi connectivity index (χ0v) is 9.29. The molecule has 0 fully saturated rings. The molecule has 0 aromatic heterocycles. The molecule has 0 aliphatic carbocycles. The second-order valence-corrected chi connectivity index (χ2v) is 3.86. The molecule has 2 atom stereocenters. The van der Waals surface area contributed by atoms with Gasteiger partial charge in [-0.05, 0) is 30.5 Å². The van der Waals surface area contributed by atoms with E-state index in [9.17, 15) is 8.78 Å². The number of benzene rings is 1. The van der Waals surface area contributed by atoms with Gasteiger partial charge in [-0.25, -0.2) is 8.78 Å². The molecule has 0 saturated heterocycles. The van der Waals surface area contributed by atoms with Gasteiger partial charge in [0.25, 0.3) is 0 Å². The lowest BCUT2D eigenvalue weighted by Crippen LogP contribution is -2.28. The van der Waals surface area contributed by atoms with Crippen LogP contribution in [0.4, 0.5) is 8.78 Å². The number of rotatable bonds is 5. The highest BCUT2D eigenvalue weighted by atomic mass is 19.2. The number of halogens is 2. The maximum atomic E-state index is 13.1. The minimum atomic E-state index is -0.872. The molecular formula is C12H17F2NO. The Labute approximate surface area is 94.1 Å². The lowest BCUT2D eigenvalue weighted by Gasteiger charge is -2.22. The van der Waals surface area contributed by atoms with Crippen LogP contribution in [0.2, 0.25) is 0 Å². The summed E-state index contributed by atoms with van der Waals surface area (Å²) in [6.45, 7) is 1.91. The van der Waals surface area contributed by atoms with Gasteiger partial charge in [0, 0.05) is 18.6 Å². The Morgan fingerprint density at radius 1 is 1.31 bits per heavy atom. The fourth-order valence-corrected chi connectivity index (χ4v) is 1.79. The third-order valence-corrected chi connectivity index (χ3v) is 2.80. The van der Waals surface area contributed by atoms with Crippen molar-refractivity contribution in [3.05, 3.63) is 35.4 Å². The third-order valence-electron chi connectivity index (χ3n) is 2.80. The number of aliphatic hydroxyl groups is 1. The van der Waals surface area contributed by atoms with Gasteiger partial charge in [-0.15, -0.1) is 0 Å². The van der Waals surface area contributed by atoms with Crippen molar-refractivity contribution >= 4 is 0 Å². The molecule has 3 N–H and O–H groups in total. The highest BCUT2D eigenvalue weighted by Crippen LogP contribution is 2.25. The molecule has 16 heavy (non-hydrogen) atoms. The van der Waals surface area contributed by atoms with Gasteiger partial charge < -0.3 is 10.8 Å². The van der Waals surface area contributed by atoms with E-state index in [1.165, 1.54) is 6.07 Å². The van der Waals surface area contributed by atoms with Crippen LogP contribution in [0.3, 0.4) is 0 Å². The molecule has 2 unspecified atom stereocenters. The largest absolute Gasteiger partial charge is 0.396 e. The first kappa shape index (κ1) is 13.1. The molecule has 0 aliphatic heterocycles. The summed E-state index contributed by atoms with van der Waals surface area (Å²) in [5.41, 5.74) is 6.54. The van der Waals surface area contributed by atoms with Crippen LogP contribution in [0.15, 0.2) is 18.2 Å². The molecule has 0 aliphatic rings. The Morgan fingerprint density at radius 2 is 2.00 bits per heavy atom. The van der Waals surface area contributed by atoms with E-state index in [-0.39, 0.29) is 18.6 Å². The van der Waals surface area contributed by atoms with E-state index in [0.29, 0.717) is 12.0 Å². The minimum absolute atomic E-state index is 0.0165. The van der Waals surface area contributed by atoms with Crippen molar-refractivity contribution in [2.24, 2.45) is 5.73 Å². The predicted octanol–water partition coefficient (Wildman–Crippen LogP) is 2.17. The number of nitrogens with two attached hydrogens (primary N) is 1. The van der Waals surface area contributed by atoms with E-state index >= 15 is 0 Å². The Bertz CT molecular complexity index is 344. The highest BCUT2D eigenvalue weighted by Gasteiger charge is 2.19. The van der Waals surface area contributed by atoms with Gasteiger partial charge in [0.2, 0.25) is 0 Å². The van der Waals surface area contributed by atoms with Crippen molar-refractivity contribution in [1.29, 1.82) is 0 Å². The second-order valence-electron chi connectivity index (χ2n) is 3.86. The van der Waals surface area contributed by atoms with Gasteiger partial charge in [0.05, 0.1) is 0 Å². The summed E-state index contributed by atoms with van der Waals surface area (Å²) in [6.07, 6.45) is 1.18. The lowest BCUT2D eigenvalue weighted by atomic mass is 9.88. The molecule has 1 rings (SSSR count). The van der Waals surface area contributed by atoms with Crippen molar-refractivity contribution in [2.45, 2.75) is 31.7 Å². The van der Waals surface area contributed by atoms with Gasteiger partial charge in [0.15, 0.2) is 11.6 Å². The summed E-state index contributed by atoms with van der Waals surface area (Å²) in [6, 6.07) is 3.62. The zero-order chi connectivity index (χ0) is 12.1. The van der Waals surface area contributed by atoms with Crippen molar-refractivity contribution in [3.63, 3.8) is 0 Å². The standard InChI is InChI=1S/C12H17F2NO/c1-2-12(15)9(5-6-16)8-3-4-10(13)11(14)7-8/h3-4,7,9,12,16H,2,5-6,15H2,1H3. The van der Waals surface area contributed by atoms with E-state index < -0.39 is 11.6 Å². The third kappa shape index (κ3) is 3.00. The molecule has 0 spiro atoms. The summed E-state index contributed by atoms with van der Waals surface area (Å²) in [5.74, 6) is -1.87.